The second kappa shape index (κ2) is 7.79. The monoisotopic (exact) mass is 329 g/mol. The van der Waals surface area contributed by atoms with Gasteiger partial charge in [0.2, 0.25) is 11.8 Å². The fourth-order valence-corrected chi connectivity index (χ4v) is 3.95. The molecule has 24 heavy (non-hydrogen) atoms. The van der Waals surface area contributed by atoms with Gasteiger partial charge < -0.3 is 10.2 Å². The molecular weight excluding hydrogens is 302 g/mol. The van der Waals surface area contributed by atoms with Crippen LogP contribution >= 0.6 is 0 Å². The lowest BCUT2D eigenvalue weighted by molar-refractivity contribution is -0.143. The number of amides is 2. The van der Waals surface area contributed by atoms with Gasteiger partial charge in [-0.25, -0.2) is 0 Å². The average molecular weight is 329 g/mol. The first-order chi connectivity index (χ1) is 11.7. The number of carbonyl (C=O) groups is 2. The molecule has 5 nitrogen and oxygen atoms in total. The zero-order valence-corrected chi connectivity index (χ0v) is 14.4. The molecule has 5 heteroatoms. The number of benzene rings is 1. The maximum atomic E-state index is 13.4. The summed E-state index contributed by atoms with van der Waals surface area (Å²) in [7, 11) is 1.64. The molecule has 0 spiro atoms. The molecule has 2 aliphatic rings. The average Bonchev–Trinajstić information content (AvgIpc) is 3.13. The molecule has 2 amide bonds. The van der Waals surface area contributed by atoms with E-state index in [9.17, 15) is 9.59 Å². The number of hydrogen-bond acceptors (Lipinski definition) is 3. The van der Waals surface area contributed by atoms with Crippen LogP contribution in [-0.2, 0) is 9.59 Å². The van der Waals surface area contributed by atoms with Gasteiger partial charge in [-0.2, -0.15) is 0 Å². The van der Waals surface area contributed by atoms with E-state index in [2.05, 4.69) is 10.2 Å². The summed E-state index contributed by atoms with van der Waals surface area (Å²) in [4.78, 5) is 29.6. The number of piperidine rings is 1. The minimum Gasteiger partial charge on any atom is -0.357 e. The number of likely N-dealkylation sites (tertiary alicyclic amines) is 2. The van der Waals surface area contributed by atoms with Gasteiger partial charge in [-0.15, -0.1) is 0 Å². The van der Waals surface area contributed by atoms with Crippen LogP contribution in [0.4, 0.5) is 0 Å². The molecular formula is C19H27N3O2. The highest BCUT2D eigenvalue weighted by Gasteiger charge is 2.39. The molecule has 0 aliphatic carbocycles. The van der Waals surface area contributed by atoms with Gasteiger partial charge in [0.05, 0.1) is 0 Å². The fourth-order valence-electron chi connectivity index (χ4n) is 3.95. The predicted molar refractivity (Wildman–Crippen MR) is 93.4 cm³/mol. The maximum absolute atomic E-state index is 13.4. The van der Waals surface area contributed by atoms with Crippen LogP contribution in [0.5, 0.6) is 0 Å². The minimum atomic E-state index is -0.321. The van der Waals surface area contributed by atoms with Gasteiger partial charge in [0.15, 0.2) is 0 Å². The van der Waals surface area contributed by atoms with Crippen molar-refractivity contribution in [1.29, 1.82) is 0 Å². The second-order valence-electron chi connectivity index (χ2n) is 6.71. The SMILES string of the molecule is CNC(=O)C1CCCN1C(=O)C(c1ccccc1)N1CCCCC1. The quantitative estimate of drug-likeness (QED) is 0.919. The Balaban J connectivity index is 1.87. The Labute approximate surface area is 144 Å². The van der Waals surface area contributed by atoms with Crippen molar-refractivity contribution in [3.63, 3.8) is 0 Å². The molecule has 0 aromatic heterocycles. The van der Waals surface area contributed by atoms with Crippen molar-refractivity contribution in [3.05, 3.63) is 35.9 Å². The second-order valence-corrected chi connectivity index (χ2v) is 6.71. The lowest BCUT2D eigenvalue weighted by Gasteiger charge is -2.37. The predicted octanol–water partition coefficient (Wildman–Crippen LogP) is 1.95. The van der Waals surface area contributed by atoms with Crippen molar-refractivity contribution in [2.45, 2.75) is 44.2 Å². The Morgan fingerprint density at radius 2 is 1.75 bits per heavy atom. The van der Waals surface area contributed by atoms with Gasteiger partial charge >= 0.3 is 0 Å². The molecule has 0 bridgehead atoms. The number of nitrogens with zero attached hydrogens (tertiary/aromatic N) is 2. The summed E-state index contributed by atoms with van der Waals surface area (Å²) in [6, 6.07) is 9.42. The summed E-state index contributed by atoms with van der Waals surface area (Å²) in [6.45, 7) is 2.57. The number of rotatable bonds is 4. The first kappa shape index (κ1) is 17.0. The summed E-state index contributed by atoms with van der Waals surface area (Å²) < 4.78 is 0. The molecule has 0 saturated carbocycles. The van der Waals surface area contributed by atoms with E-state index in [1.54, 1.807) is 11.9 Å². The largest absolute Gasteiger partial charge is 0.357 e. The first-order valence-corrected chi connectivity index (χ1v) is 9.03. The maximum Gasteiger partial charge on any atom is 0.245 e. The summed E-state index contributed by atoms with van der Waals surface area (Å²) in [5.41, 5.74) is 1.03. The van der Waals surface area contributed by atoms with E-state index >= 15 is 0 Å². The number of carbonyl (C=O) groups excluding carboxylic acids is 2. The zero-order chi connectivity index (χ0) is 16.9. The van der Waals surface area contributed by atoms with E-state index in [0.29, 0.717) is 6.54 Å². The minimum absolute atomic E-state index is 0.0497. The lowest BCUT2D eigenvalue weighted by Crippen LogP contribution is -2.50. The van der Waals surface area contributed by atoms with Crippen molar-refractivity contribution in [3.8, 4) is 0 Å². The van der Waals surface area contributed by atoms with Crippen LogP contribution in [0.15, 0.2) is 30.3 Å². The molecule has 2 atom stereocenters. The normalized spacial score (nSPS) is 23.0. The van der Waals surface area contributed by atoms with Crippen LogP contribution in [0, 0.1) is 0 Å². The van der Waals surface area contributed by atoms with Gasteiger partial charge in [0, 0.05) is 13.6 Å². The van der Waals surface area contributed by atoms with Crippen LogP contribution in [-0.4, -0.2) is 54.3 Å². The molecule has 1 aromatic rings. The molecule has 2 aliphatic heterocycles. The van der Waals surface area contributed by atoms with Crippen molar-refractivity contribution < 1.29 is 9.59 Å². The molecule has 0 radical (unpaired) electrons. The molecule has 2 unspecified atom stereocenters. The number of nitrogens with one attached hydrogen (secondary N) is 1. The lowest BCUT2D eigenvalue weighted by atomic mass is 10.00. The molecule has 2 saturated heterocycles. The van der Waals surface area contributed by atoms with Crippen molar-refractivity contribution in [1.82, 2.24) is 15.1 Å². The molecule has 1 N–H and O–H groups in total. The highest BCUT2D eigenvalue weighted by atomic mass is 16.2. The van der Waals surface area contributed by atoms with Gasteiger partial charge in [0.25, 0.3) is 0 Å². The molecule has 3 rings (SSSR count). The van der Waals surface area contributed by atoms with Crippen molar-refractivity contribution >= 4 is 11.8 Å². The summed E-state index contributed by atoms with van der Waals surface area (Å²) >= 11 is 0. The Morgan fingerprint density at radius 1 is 1.04 bits per heavy atom. The highest BCUT2D eigenvalue weighted by molar-refractivity contribution is 5.90. The molecule has 2 heterocycles. The van der Waals surface area contributed by atoms with Gasteiger partial charge in [-0.3, -0.25) is 14.5 Å². The van der Waals surface area contributed by atoms with Crippen LogP contribution in [0.1, 0.15) is 43.7 Å². The topological polar surface area (TPSA) is 52.7 Å². The standard InChI is InChI=1S/C19H27N3O2/c1-20-18(23)16-11-8-14-22(16)19(24)17(15-9-4-2-5-10-15)21-12-6-3-7-13-21/h2,4-5,9-10,16-17H,3,6-8,11-14H2,1H3,(H,20,23). The third-order valence-corrected chi connectivity index (χ3v) is 5.19. The van der Waals surface area contributed by atoms with Crippen LogP contribution in [0.3, 0.4) is 0 Å². The van der Waals surface area contributed by atoms with E-state index in [0.717, 1.165) is 44.3 Å². The van der Waals surface area contributed by atoms with E-state index in [-0.39, 0.29) is 23.9 Å². The summed E-state index contributed by atoms with van der Waals surface area (Å²) in [5, 5.41) is 2.70. The Hall–Kier alpha value is -1.88. The zero-order valence-electron chi connectivity index (χ0n) is 14.4. The van der Waals surface area contributed by atoms with E-state index in [1.807, 2.05) is 30.3 Å². The third kappa shape index (κ3) is 3.46. The first-order valence-electron chi connectivity index (χ1n) is 9.03. The molecule has 2 fully saturated rings. The van der Waals surface area contributed by atoms with Crippen LogP contribution < -0.4 is 5.32 Å². The van der Waals surface area contributed by atoms with Crippen LogP contribution in [0.2, 0.25) is 0 Å². The van der Waals surface area contributed by atoms with Gasteiger partial charge in [0.1, 0.15) is 12.1 Å². The smallest absolute Gasteiger partial charge is 0.245 e. The number of hydrogen-bond donors (Lipinski definition) is 1. The Morgan fingerprint density at radius 3 is 2.42 bits per heavy atom. The van der Waals surface area contributed by atoms with Gasteiger partial charge in [-0.05, 0) is 44.3 Å². The van der Waals surface area contributed by atoms with Crippen molar-refractivity contribution in [2.75, 3.05) is 26.7 Å². The van der Waals surface area contributed by atoms with Crippen LogP contribution in [0.25, 0.3) is 0 Å². The highest BCUT2D eigenvalue weighted by Crippen LogP contribution is 2.30. The Kier molecular flexibility index (Phi) is 5.51. The van der Waals surface area contributed by atoms with Gasteiger partial charge in [-0.1, -0.05) is 36.8 Å². The van der Waals surface area contributed by atoms with E-state index in [1.165, 1.54) is 6.42 Å². The Bertz CT molecular complexity index is 569. The third-order valence-electron chi connectivity index (χ3n) is 5.19. The summed E-state index contributed by atoms with van der Waals surface area (Å²) in [6.07, 6.45) is 5.15. The van der Waals surface area contributed by atoms with E-state index < -0.39 is 0 Å². The number of likely N-dealkylation sites (N-methyl/N-ethyl adjacent to an activating group) is 1. The molecule has 1 aromatic carbocycles. The molecule has 130 valence electrons. The van der Waals surface area contributed by atoms with Crippen molar-refractivity contribution in [2.24, 2.45) is 0 Å². The fraction of sp³-hybridized carbons (Fsp3) is 0.579. The summed E-state index contributed by atoms with van der Waals surface area (Å²) in [5.74, 6) is 0.0282. The van der Waals surface area contributed by atoms with E-state index in [4.69, 9.17) is 0 Å².